The predicted molar refractivity (Wildman–Crippen MR) is 48.1 cm³/mol. The SMILES string of the molecule is CCC(C)CC(C)=C(C)C. The third-order valence-electron chi connectivity index (χ3n) is 2.21. The summed E-state index contributed by atoms with van der Waals surface area (Å²) in [7, 11) is 0. The van der Waals surface area contributed by atoms with E-state index in [-0.39, 0.29) is 0 Å². The van der Waals surface area contributed by atoms with E-state index in [0.717, 1.165) is 5.92 Å². The standard InChI is InChI=1S/C10H20/c1-6-9(4)7-10(5)8(2)3/h9H,6-7H2,1-5H3. The van der Waals surface area contributed by atoms with E-state index in [0.29, 0.717) is 0 Å². The summed E-state index contributed by atoms with van der Waals surface area (Å²) in [5.74, 6) is 0.856. The number of hydrogen-bond acceptors (Lipinski definition) is 0. The van der Waals surface area contributed by atoms with Crippen molar-refractivity contribution in [3.8, 4) is 0 Å². The lowest BCUT2D eigenvalue weighted by molar-refractivity contribution is 0.555. The summed E-state index contributed by atoms with van der Waals surface area (Å²) in [6.45, 7) is 11.2. The van der Waals surface area contributed by atoms with Crippen LogP contribution in [0.5, 0.6) is 0 Å². The Morgan fingerprint density at radius 2 is 1.70 bits per heavy atom. The van der Waals surface area contributed by atoms with Crippen molar-refractivity contribution in [2.24, 2.45) is 5.92 Å². The highest BCUT2D eigenvalue weighted by Crippen LogP contribution is 2.16. The second kappa shape index (κ2) is 4.54. The van der Waals surface area contributed by atoms with E-state index in [1.807, 2.05) is 0 Å². The molecule has 0 aromatic carbocycles. The van der Waals surface area contributed by atoms with Crippen molar-refractivity contribution in [3.63, 3.8) is 0 Å². The molecule has 0 aliphatic rings. The topological polar surface area (TPSA) is 0 Å². The molecule has 0 N–H and O–H groups in total. The van der Waals surface area contributed by atoms with Crippen LogP contribution in [0.1, 0.15) is 47.5 Å². The second-order valence-electron chi connectivity index (χ2n) is 3.50. The third-order valence-corrected chi connectivity index (χ3v) is 2.21. The fourth-order valence-electron chi connectivity index (χ4n) is 0.871. The van der Waals surface area contributed by atoms with Crippen molar-refractivity contribution in [3.05, 3.63) is 11.1 Å². The van der Waals surface area contributed by atoms with Crippen molar-refractivity contribution < 1.29 is 0 Å². The molecule has 0 aromatic rings. The van der Waals surface area contributed by atoms with Crippen molar-refractivity contribution in [2.75, 3.05) is 0 Å². The van der Waals surface area contributed by atoms with E-state index < -0.39 is 0 Å². The molecule has 0 spiro atoms. The molecule has 1 unspecified atom stereocenters. The van der Waals surface area contributed by atoms with Gasteiger partial charge in [-0.15, -0.1) is 0 Å². The van der Waals surface area contributed by atoms with E-state index in [1.165, 1.54) is 18.4 Å². The van der Waals surface area contributed by atoms with Gasteiger partial charge in [-0.05, 0) is 33.1 Å². The van der Waals surface area contributed by atoms with Gasteiger partial charge in [-0.1, -0.05) is 31.4 Å². The summed E-state index contributed by atoms with van der Waals surface area (Å²) in [4.78, 5) is 0. The first-order valence-electron chi connectivity index (χ1n) is 4.20. The molecule has 0 bridgehead atoms. The Hall–Kier alpha value is -0.260. The quantitative estimate of drug-likeness (QED) is 0.523. The zero-order chi connectivity index (χ0) is 8.15. The number of rotatable bonds is 3. The normalized spacial score (nSPS) is 12.9. The maximum Gasteiger partial charge on any atom is -0.0295 e. The molecule has 0 rings (SSSR count). The largest absolute Gasteiger partial charge is 0.0775 e. The van der Waals surface area contributed by atoms with Gasteiger partial charge in [0.2, 0.25) is 0 Å². The zero-order valence-electron chi connectivity index (χ0n) is 7.99. The molecule has 0 aliphatic carbocycles. The lowest BCUT2D eigenvalue weighted by atomic mass is 9.97. The maximum absolute atomic E-state index is 2.31. The van der Waals surface area contributed by atoms with Crippen LogP contribution >= 0.6 is 0 Å². The molecule has 0 nitrogen and oxygen atoms in total. The van der Waals surface area contributed by atoms with Crippen LogP contribution in [0.15, 0.2) is 11.1 Å². The van der Waals surface area contributed by atoms with E-state index in [2.05, 4.69) is 34.6 Å². The zero-order valence-corrected chi connectivity index (χ0v) is 7.99. The van der Waals surface area contributed by atoms with Crippen LogP contribution in [0.25, 0.3) is 0 Å². The summed E-state index contributed by atoms with van der Waals surface area (Å²) in [6, 6.07) is 0. The first-order valence-corrected chi connectivity index (χ1v) is 4.20. The minimum Gasteiger partial charge on any atom is -0.0775 e. The number of allylic oxidation sites excluding steroid dienone is 2. The van der Waals surface area contributed by atoms with E-state index in [9.17, 15) is 0 Å². The van der Waals surface area contributed by atoms with Gasteiger partial charge < -0.3 is 0 Å². The van der Waals surface area contributed by atoms with Crippen LogP contribution in [0.3, 0.4) is 0 Å². The van der Waals surface area contributed by atoms with Gasteiger partial charge in [-0.25, -0.2) is 0 Å². The Kier molecular flexibility index (Phi) is 4.42. The van der Waals surface area contributed by atoms with Crippen molar-refractivity contribution in [1.29, 1.82) is 0 Å². The van der Waals surface area contributed by atoms with Gasteiger partial charge in [0.1, 0.15) is 0 Å². The van der Waals surface area contributed by atoms with E-state index in [4.69, 9.17) is 0 Å². The average molecular weight is 140 g/mol. The van der Waals surface area contributed by atoms with Gasteiger partial charge in [0.25, 0.3) is 0 Å². The number of hydrogen-bond donors (Lipinski definition) is 0. The van der Waals surface area contributed by atoms with Crippen molar-refractivity contribution in [1.82, 2.24) is 0 Å². The molecule has 0 amide bonds. The monoisotopic (exact) mass is 140 g/mol. The Bertz CT molecular complexity index is 116. The molecule has 0 heterocycles. The highest BCUT2D eigenvalue weighted by atomic mass is 14.1. The first kappa shape index (κ1) is 9.74. The maximum atomic E-state index is 2.31. The van der Waals surface area contributed by atoms with Crippen LogP contribution < -0.4 is 0 Å². The van der Waals surface area contributed by atoms with E-state index >= 15 is 0 Å². The summed E-state index contributed by atoms with van der Waals surface area (Å²) in [5.41, 5.74) is 3.05. The predicted octanol–water partition coefficient (Wildman–Crippen LogP) is 3.78. The fraction of sp³-hybridized carbons (Fsp3) is 0.800. The summed E-state index contributed by atoms with van der Waals surface area (Å²) < 4.78 is 0. The molecule has 0 saturated carbocycles. The van der Waals surface area contributed by atoms with Crippen molar-refractivity contribution >= 4 is 0 Å². The highest BCUT2D eigenvalue weighted by Gasteiger charge is 1.99. The Balaban J connectivity index is 3.79. The fourth-order valence-corrected chi connectivity index (χ4v) is 0.871. The Morgan fingerprint density at radius 1 is 1.20 bits per heavy atom. The van der Waals surface area contributed by atoms with Crippen LogP contribution in [0, 0.1) is 5.92 Å². The molecule has 0 saturated heterocycles. The third kappa shape index (κ3) is 3.71. The summed E-state index contributed by atoms with van der Waals surface area (Å²) in [6.07, 6.45) is 2.57. The van der Waals surface area contributed by atoms with Gasteiger partial charge in [-0.3, -0.25) is 0 Å². The first-order chi connectivity index (χ1) is 4.57. The molecule has 0 fully saturated rings. The smallest absolute Gasteiger partial charge is 0.0295 e. The molecule has 1 atom stereocenters. The molecular weight excluding hydrogens is 120 g/mol. The van der Waals surface area contributed by atoms with Gasteiger partial charge in [-0.2, -0.15) is 0 Å². The van der Waals surface area contributed by atoms with E-state index in [1.54, 1.807) is 5.57 Å². The second-order valence-corrected chi connectivity index (χ2v) is 3.50. The minimum atomic E-state index is 0.856. The Morgan fingerprint density at radius 3 is 2.00 bits per heavy atom. The molecule has 0 aromatic heterocycles. The van der Waals surface area contributed by atoms with Crippen molar-refractivity contribution in [2.45, 2.75) is 47.5 Å². The lowest BCUT2D eigenvalue weighted by Crippen LogP contribution is -1.93. The Labute approximate surface area is 65.3 Å². The van der Waals surface area contributed by atoms with Gasteiger partial charge in [0, 0.05) is 0 Å². The molecule has 0 aliphatic heterocycles. The molecule has 0 heteroatoms. The van der Waals surface area contributed by atoms with Gasteiger partial charge >= 0.3 is 0 Å². The summed E-state index contributed by atoms with van der Waals surface area (Å²) in [5, 5.41) is 0. The highest BCUT2D eigenvalue weighted by molar-refractivity contribution is 5.06. The van der Waals surface area contributed by atoms with Gasteiger partial charge in [0.05, 0.1) is 0 Å². The van der Waals surface area contributed by atoms with Gasteiger partial charge in [0.15, 0.2) is 0 Å². The van der Waals surface area contributed by atoms with Crippen LogP contribution in [0.4, 0.5) is 0 Å². The summed E-state index contributed by atoms with van der Waals surface area (Å²) >= 11 is 0. The van der Waals surface area contributed by atoms with Crippen LogP contribution in [0.2, 0.25) is 0 Å². The molecule has 10 heavy (non-hydrogen) atoms. The average Bonchev–Trinajstić information content (AvgIpc) is 1.87. The minimum absolute atomic E-state index is 0.856. The molecular formula is C10H20. The molecule has 60 valence electrons. The van der Waals surface area contributed by atoms with Crippen LogP contribution in [-0.4, -0.2) is 0 Å². The lowest BCUT2D eigenvalue weighted by Gasteiger charge is -2.09. The molecule has 0 radical (unpaired) electrons. The van der Waals surface area contributed by atoms with Crippen LogP contribution in [-0.2, 0) is 0 Å².